The molecule has 0 saturated carbocycles. The van der Waals surface area contributed by atoms with Gasteiger partial charge in [-0.25, -0.2) is 13.1 Å². The lowest BCUT2D eigenvalue weighted by atomic mass is 10.1. The Morgan fingerprint density at radius 3 is 2.17 bits per heavy atom. The van der Waals surface area contributed by atoms with Crippen molar-refractivity contribution in [3.63, 3.8) is 0 Å². The highest BCUT2D eigenvalue weighted by Gasteiger charge is 2.17. The Balaban J connectivity index is 2.08. The summed E-state index contributed by atoms with van der Waals surface area (Å²) in [7, 11) is -3.48. The predicted octanol–water partition coefficient (Wildman–Crippen LogP) is 4.74. The number of sulfonamides is 1. The van der Waals surface area contributed by atoms with E-state index in [1.54, 1.807) is 18.2 Å². The van der Waals surface area contributed by atoms with Gasteiger partial charge in [-0.15, -0.1) is 0 Å². The third kappa shape index (κ3) is 5.21. The maximum Gasteiger partial charge on any atom is 0.216 e. The Morgan fingerprint density at radius 2 is 1.61 bits per heavy atom. The number of hydrogen-bond acceptors (Lipinski definition) is 2. The van der Waals surface area contributed by atoms with E-state index in [9.17, 15) is 8.42 Å². The van der Waals surface area contributed by atoms with Gasteiger partial charge in [0.1, 0.15) is 0 Å². The SMILES string of the molecule is CCc1ccc(C(C)NS(=O)(=O)Cc2ccc(Cl)c(Cl)c2)cc1. The van der Waals surface area contributed by atoms with Gasteiger partial charge >= 0.3 is 0 Å². The molecule has 0 fully saturated rings. The van der Waals surface area contributed by atoms with Crippen LogP contribution in [0, 0.1) is 0 Å². The normalized spacial score (nSPS) is 13.0. The molecule has 23 heavy (non-hydrogen) atoms. The van der Waals surface area contributed by atoms with Crippen molar-refractivity contribution in [1.82, 2.24) is 4.72 Å². The highest BCUT2D eigenvalue weighted by Crippen LogP contribution is 2.24. The molecule has 0 aliphatic carbocycles. The number of aryl methyl sites for hydroxylation is 1. The molecule has 0 saturated heterocycles. The van der Waals surface area contributed by atoms with Crippen LogP contribution in [0.15, 0.2) is 42.5 Å². The minimum absolute atomic E-state index is 0.138. The summed E-state index contributed by atoms with van der Waals surface area (Å²) in [6.45, 7) is 3.91. The Hall–Kier alpha value is -1.07. The Kier molecular flexibility index (Phi) is 6.09. The summed E-state index contributed by atoms with van der Waals surface area (Å²) in [6, 6.07) is 12.5. The first kappa shape index (κ1) is 18.3. The minimum atomic E-state index is -3.48. The molecule has 0 aliphatic heterocycles. The van der Waals surface area contributed by atoms with Crippen LogP contribution in [-0.2, 0) is 22.2 Å². The molecule has 6 heteroatoms. The van der Waals surface area contributed by atoms with Crippen molar-refractivity contribution in [2.24, 2.45) is 0 Å². The van der Waals surface area contributed by atoms with Gasteiger partial charge in [-0.05, 0) is 42.2 Å². The fourth-order valence-electron chi connectivity index (χ4n) is 2.27. The third-order valence-corrected chi connectivity index (χ3v) is 5.75. The number of nitrogens with one attached hydrogen (secondary N) is 1. The lowest BCUT2D eigenvalue weighted by Gasteiger charge is -2.15. The zero-order valence-corrected chi connectivity index (χ0v) is 15.3. The van der Waals surface area contributed by atoms with Crippen molar-refractivity contribution in [3.05, 3.63) is 69.2 Å². The first-order chi connectivity index (χ1) is 10.8. The molecule has 0 heterocycles. The minimum Gasteiger partial charge on any atom is -0.212 e. The van der Waals surface area contributed by atoms with E-state index in [1.165, 1.54) is 5.56 Å². The molecule has 0 aliphatic rings. The van der Waals surface area contributed by atoms with E-state index >= 15 is 0 Å². The van der Waals surface area contributed by atoms with Crippen molar-refractivity contribution in [1.29, 1.82) is 0 Å². The summed E-state index contributed by atoms with van der Waals surface area (Å²) in [6.07, 6.45) is 0.956. The standard InChI is InChI=1S/C17H19Cl2NO2S/c1-3-13-4-7-15(8-5-13)12(2)20-23(21,22)11-14-6-9-16(18)17(19)10-14/h4-10,12,20H,3,11H2,1-2H3. The van der Waals surface area contributed by atoms with Crippen LogP contribution in [0.1, 0.15) is 36.6 Å². The van der Waals surface area contributed by atoms with Crippen LogP contribution in [0.5, 0.6) is 0 Å². The molecule has 124 valence electrons. The number of benzene rings is 2. The van der Waals surface area contributed by atoms with Crippen LogP contribution in [0.2, 0.25) is 10.0 Å². The Bertz CT molecular complexity index is 774. The van der Waals surface area contributed by atoms with E-state index in [2.05, 4.69) is 11.6 Å². The van der Waals surface area contributed by atoms with Gasteiger partial charge in [0.15, 0.2) is 0 Å². The van der Waals surface area contributed by atoms with Gasteiger partial charge in [-0.2, -0.15) is 0 Å². The summed E-state index contributed by atoms with van der Waals surface area (Å²) in [5, 5.41) is 0.757. The molecular weight excluding hydrogens is 353 g/mol. The van der Waals surface area contributed by atoms with Gasteiger partial charge in [0.05, 0.1) is 15.8 Å². The van der Waals surface area contributed by atoms with Crippen LogP contribution >= 0.6 is 23.2 Å². The van der Waals surface area contributed by atoms with Crippen LogP contribution in [0.4, 0.5) is 0 Å². The van der Waals surface area contributed by atoms with Crippen LogP contribution in [0.25, 0.3) is 0 Å². The second kappa shape index (κ2) is 7.67. The largest absolute Gasteiger partial charge is 0.216 e. The van der Waals surface area contributed by atoms with Crippen molar-refractivity contribution in [3.8, 4) is 0 Å². The Morgan fingerprint density at radius 1 is 1.00 bits per heavy atom. The van der Waals surface area contributed by atoms with Crippen molar-refractivity contribution in [2.45, 2.75) is 32.1 Å². The van der Waals surface area contributed by atoms with Crippen molar-refractivity contribution in [2.75, 3.05) is 0 Å². The average Bonchev–Trinajstić information content (AvgIpc) is 2.50. The Labute approximate surface area is 147 Å². The van der Waals surface area contributed by atoms with Gasteiger partial charge in [0, 0.05) is 6.04 Å². The molecule has 0 bridgehead atoms. The first-order valence-corrected chi connectivity index (χ1v) is 9.74. The molecule has 1 unspecified atom stereocenters. The quantitative estimate of drug-likeness (QED) is 0.796. The van der Waals surface area contributed by atoms with Crippen LogP contribution in [-0.4, -0.2) is 8.42 Å². The number of rotatable bonds is 6. The van der Waals surface area contributed by atoms with Gasteiger partial charge in [0.25, 0.3) is 0 Å². The zero-order chi connectivity index (χ0) is 17.0. The van der Waals surface area contributed by atoms with E-state index in [0.29, 0.717) is 15.6 Å². The molecule has 0 spiro atoms. The average molecular weight is 372 g/mol. The maximum atomic E-state index is 12.3. The van der Waals surface area contributed by atoms with Crippen LogP contribution < -0.4 is 4.72 Å². The van der Waals surface area contributed by atoms with E-state index in [4.69, 9.17) is 23.2 Å². The predicted molar refractivity (Wildman–Crippen MR) is 96.5 cm³/mol. The lowest BCUT2D eigenvalue weighted by molar-refractivity contribution is 0.566. The smallest absolute Gasteiger partial charge is 0.212 e. The van der Waals surface area contributed by atoms with E-state index in [1.807, 2.05) is 31.2 Å². The van der Waals surface area contributed by atoms with Gasteiger partial charge < -0.3 is 0 Å². The molecule has 2 aromatic rings. The number of hydrogen-bond donors (Lipinski definition) is 1. The summed E-state index contributed by atoms with van der Waals surface area (Å²) in [4.78, 5) is 0. The van der Waals surface area contributed by atoms with Gasteiger partial charge in [-0.1, -0.05) is 60.5 Å². The molecule has 3 nitrogen and oxygen atoms in total. The first-order valence-electron chi connectivity index (χ1n) is 7.33. The second-order valence-electron chi connectivity index (χ2n) is 5.44. The van der Waals surface area contributed by atoms with E-state index < -0.39 is 10.0 Å². The topological polar surface area (TPSA) is 46.2 Å². The zero-order valence-electron chi connectivity index (χ0n) is 13.0. The summed E-state index contributed by atoms with van der Waals surface area (Å²) >= 11 is 11.8. The second-order valence-corrected chi connectivity index (χ2v) is 8.01. The molecule has 0 radical (unpaired) electrons. The van der Waals surface area contributed by atoms with Crippen molar-refractivity contribution < 1.29 is 8.42 Å². The van der Waals surface area contributed by atoms with Gasteiger partial charge in [0.2, 0.25) is 10.0 Å². The molecule has 1 atom stereocenters. The third-order valence-electron chi connectivity index (χ3n) is 3.59. The summed E-state index contributed by atoms with van der Waals surface area (Å²) in [5.74, 6) is -0.138. The van der Waals surface area contributed by atoms with Gasteiger partial charge in [-0.3, -0.25) is 0 Å². The molecule has 2 rings (SSSR count). The fourth-order valence-corrected chi connectivity index (χ4v) is 3.97. The number of halogens is 2. The highest BCUT2D eigenvalue weighted by atomic mass is 35.5. The highest BCUT2D eigenvalue weighted by molar-refractivity contribution is 7.88. The molecule has 0 aromatic heterocycles. The summed E-state index contributed by atoms with van der Waals surface area (Å²) < 4.78 is 27.3. The lowest BCUT2D eigenvalue weighted by Crippen LogP contribution is -2.28. The van der Waals surface area contributed by atoms with Crippen LogP contribution in [0.3, 0.4) is 0 Å². The van der Waals surface area contributed by atoms with E-state index in [0.717, 1.165) is 12.0 Å². The monoisotopic (exact) mass is 371 g/mol. The summed E-state index contributed by atoms with van der Waals surface area (Å²) in [5.41, 5.74) is 2.75. The molecule has 1 N–H and O–H groups in total. The van der Waals surface area contributed by atoms with E-state index in [-0.39, 0.29) is 11.8 Å². The molecular formula is C17H19Cl2NO2S. The van der Waals surface area contributed by atoms with Crippen molar-refractivity contribution >= 4 is 33.2 Å². The fraction of sp³-hybridized carbons (Fsp3) is 0.294. The molecule has 0 amide bonds. The molecule has 2 aromatic carbocycles. The maximum absolute atomic E-state index is 12.3.